The van der Waals surface area contributed by atoms with E-state index in [1.807, 2.05) is 18.8 Å². The van der Waals surface area contributed by atoms with E-state index < -0.39 is 17.9 Å². The molecule has 6 nitrogen and oxygen atoms in total. The van der Waals surface area contributed by atoms with Crippen molar-refractivity contribution in [2.24, 2.45) is 0 Å². The van der Waals surface area contributed by atoms with Crippen LogP contribution in [0.4, 0.5) is 0 Å². The zero-order valence-electron chi connectivity index (χ0n) is 19.7. The van der Waals surface area contributed by atoms with Gasteiger partial charge in [0.25, 0.3) is 0 Å². The van der Waals surface area contributed by atoms with E-state index in [0.717, 1.165) is 0 Å². The van der Waals surface area contributed by atoms with Gasteiger partial charge in [0.2, 0.25) is 0 Å². The lowest BCUT2D eigenvalue weighted by molar-refractivity contribution is 0.0506. The second kappa shape index (κ2) is 20.5. The molecule has 36 heavy (non-hydrogen) atoms. The summed E-state index contributed by atoms with van der Waals surface area (Å²) in [6, 6.07) is 3.92. The van der Waals surface area contributed by atoms with Crippen molar-refractivity contribution in [3.63, 3.8) is 0 Å². The monoisotopic (exact) mass is 672 g/mol. The van der Waals surface area contributed by atoms with Crippen molar-refractivity contribution in [1.82, 2.24) is 0 Å². The first-order chi connectivity index (χ1) is 17.2. The van der Waals surface area contributed by atoms with Gasteiger partial charge in [0, 0.05) is 17.3 Å². The van der Waals surface area contributed by atoms with Gasteiger partial charge in [0.1, 0.15) is 19.8 Å². The van der Waals surface area contributed by atoms with E-state index in [1.54, 1.807) is 64.8 Å². The molecule has 3 atom stereocenters. The van der Waals surface area contributed by atoms with Crippen molar-refractivity contribution in [2.45, 2.75) is 16.1 Å². The molecule has 0 N–H and O–H groups in total. The quantitative estimate of drug-likeness (QED) is 0.0696. The Hall–Kier alpha value is 0.600. The Bertz CT molecular complexity index is 720. The number of benzene rings is 1. The molecule has 0 aromatic heterocycles. The molecule has 0 heterocycles. The highest BCUT2D eigenvalue weighted by molar-refractivity contribution is 8.77. The Morgan fingerprint density at radius 3 is 1.08 bits per heavy atom. The SMILES string of the molecule is CSSCC(Cl)COC(=O)c1cc(C(=O)OCC(Cl)CSSC)cc(C(=O)OCC(Cl)CSSC)c1. The van der Waals surface area contributed by atoms with Gasteiger partial charge < -0.3 is 14.2 Å². The van der Waals surface area contributed by atoms with Crippen LogP contribution in [0.15, 0.2) is 18.2 Å². The second-order valence-corrected chi connectivity index (χ2v) is 16.4. The maximum atomic E-state index is 12.7. The Kier molecular flexibility index (Phi) is 19.7. The standard InChI is InChI=1S/C21H27Cl3O6S6/c1-31-34-10-16(22)7-28-19(25)13-4-14(20(26)29-8-17(23)11-35-32-2)6-15(5-13)21(27)30-9-18(24)12-36-33-3/h4-6,16-18H,7-12H2,1-3H3. The molecule has 3 unspecified atom stereocenters. The average molecular weight is 674 g/mol. The van der Waals surface area contributed by atoms with E-state index >= 15 is 0 Å². The van der Waals surface area contributed by atoms with Crippen molar-refractivity contribution < 1.29 is 28.6 Å². The Balaban J connectivity index is 3.00. The lowest BCUT2D eigenvalue weighted by Crippen LogP contribution is -2.20. The molecular weight excluding hydrogens is 647 g/mol. The van der Waals surface area contributed by atoms with E-state index in [0.29, 0.717) is 17.3 Å². The van der Waals surface area contributed by atoms with Crippen LogP contribution in [0.5, 0.6) is 0 Å². The third-order valence-electron chi connectivity index (χ3n) is 3.93. The first-order valence-corrected chi connectivity index (χ1v) is 19.8. The van der Waals surface area contributed by atoms with Crippen LogP contribution in [0.25, 0.3) is 0 Å². The molecule has 0 fully saturated rings. The lowest BCUT2D eigenvalue weighted by Gasteiger charge is -2.13. The number of esters is 3. The van der Waals surface area contributed by atoms with E-state index in [9.17, 15) is 14.4 Å². The van der Waals surface area contributed by atoms with Crippen molar-refractivity contribution in [2.75, 3.05) is 55.8 Å². The molecule has 0 saturated heterocycles. The van der Waals surface area contributed by atoms with Gasteiger partial charge in [-0.05, 0) is 37.0 Å². The predicted molar refractivity (Wildman–Crippen MR) is 164 cm³/mol. The van der Waals surface area contributed by atoms with E-state index in [-0.39, 0.29) is 52.6 Å². The minimum atomic E-state index is -0.725. The van der Waals surface area contributed by atoms with Gasteiger partial charge in [0.15, 0.2) is 0 Å². The third-order valence-corrected chi connectivity index (χ3v) is 11.0. The molecule has 1 rings (SSSR count). The van der Waals surface area contributed by atoms with Crippen LogP contribution in [0.2, 0.25) is 0 Å². The van der Waals surface area contributed by atoms with Gasteiger partial charge in [-0.3, -0.25) is 0 Å². The first kappa shape index (κ1) is 34.6. The van der Waals surface area contributed by atoms with Crippen LogP contribution in [0.1, 0.15) is 31.1 Å². The Morgan fingerprint density at radius 2 is 0.861 bits per heavy atom. The van der Waals surface area contributed by atoms with Gasteiger partial charge in [0.05, 0.1) is 32.8 Å². The average Bonchev–Trinajstić information content (AvgIpc) is 2.89. The van der Waals surface area contributed by atoms with Crippen molar-refractivity contribution >= 4 is 117 Å². The highest BCUT2D eigenvalue weighted by Gasteiger charge is 2.21. The summed E-state index contributed by atoms with van der Waals surface area (Å²) in [6.45, 7) is -0.0700. The molecule has 0 spiro atoms. The fraction of sp³-hybridized carbons (Fsp3) is 0.571. The van der Waals surface area contributed by atoms with Crippen molar-refractivity contribution in [3.8, 4) is 0 Å². The maximum Gasteiger partial charge on any atom is 0.338 e. The predicted octanol–water partition coefficient (Wildman–Crippen LogP) is 7.01. The molecule has 0 bridgehead atoms. The molecule has 1 aromatic carbocycles. The third kappa shape index (κ3) is 14.7. The molecule has 15 heteroatoms. The van der Waals surface area contributed by atoms with Crippen LogP contribution in [0, 0.1) is 0 Å². The number of halogens is 3. The van der Waals surface area contributed by atoms with Gasteiger partial charge in [-0.15, -0.1) is 34.8 Å². The summed E-state index contributed by atoms with van der Waals surface area (Å²) in [5.74, 6) is -0.418. The molecule has 204 valence electrons. The molecule has 0 saturated carbocycles. The molecule has 0 aliphatic carbocycles. The molecule has 0 aliphatic rings. The zero-order valence-corrected chi connectivity index (χ0v) is 26.9. The summed E-state index contributed by atoms with van der Waals surface area (Å²) >= 11 is 18.5. The Morgan fingerprint density at radius 1 is 0.611 bits per heavy atom. The van der Waals surface area contributed by atoms with Crippen LogP contribution in [-0.2, 0) is 14.2 Å². The maximum absolute atomic E-state index is 12.7. The summed E-state index contributed by atoms with van der Waals surface area (Å²) in [5, 5.41) is -1.16. The fourth-order valence-electron chi connectivity index (χ4n) is 2.30. The van der Waals surface area contributed by atoms with Crippen molar-refractivity contribution in [3.05, 3.63) is 34.9 Å². The van der Waals surface area contributed by atoms with Crippen molar-refractivity contribution in [1.29, 1.82) is 0 Å². The van der Waals surface area contributed by atoms with Gasteiger partial charge >= 0.3 is 17.9 Å². The zero-order chi connectivity index (χ0) is 26.9. The fourth-order valence-corrected chi connectivity index (χ4v) is 7.57. The normalized spacial score (nSPS) is 13.5. The van der Waals surface area contributed by atoms with E-state index in [2.05, 4.69) is 0 Å². The molecular formula is C21H27Cl3O6S6. The number of carbonyl (C=O) groups excluding carboxylic acids is 3. The van der Waals surface area contributed by atoms with E-state index in [1.165, 1.54) is 18.2 Å². The number of carbonyl (C=O) groups is 3. The second-order valence-electron chi connectivity index (χ2n) is 6.74. The number of hydrogen-bond acceptors (Lipinski definition) is 12. The van der Waals surface area contributed by atoms with Crippen LogP contribution in [-0.4, -0.2) is 89.9 Å². The molecule has 0 aliphatic heterocycles. The smallest absolute Gasteiger partial charge is 0.338 e. The van der Waals surface area contributed by atoms with Gasteiger partial charge in [-0.25, -0.2) is 14.4 Å². The summed E-state index contributed by atoms with van der Waals surface area (Å²) in [6.07, 6.45) is 5.77. The largest absolute Gasteiger partial charge is 0.460 e. The van der Waals surface area contributed by atoms with Gasteiger partial charge in [-0.1, -0.05) is 64.8 Å². The summed E-state index contributed by atoms with van der Waals surface area (Å²) in [7, 11) is 9.31. The summed E-state index contributed by atoms with van der Waals surface area (Å²) < 4.78 is 15.9. The number of hydrogen-bond donors (Lipinski definition) is 0. The highest BCUT2D eigenvalue weighted by atomic mass is 35.5. The van der Waals surface area contributed by atoms with Crippen LogP contribution < -0.4 is 0 Å². The van der Waals surface area contributed by atoms with Crippen LogP contribution >= 0.6 is 99.6 Å². The Labute approximate surface area is 251 Å². The van der Waals surface area contributed by atoms with Gasteiger partial charge in [-0.2, -0.15) is 0 Å². The number of rotatable bonds is 18. The molecule has 0 radical (unpaired) electrons. The lowest BCUT2D eigenvalue weighted by atomic mass is 10.1. The summed E-state index contributed by atoms with van der Waals surface area (Å²) in [5.41, 5.74) is -0.00414. The molecule has 0 amide bonds. The minimum Gasteiger partial charge on any atom is -0.460 e. The number of alkyl halides is 3. The minimum absolute atomic E-state index is 0.00138. The first-order valence-electron chi connectivity index (χ1n) is 10.3. The number of ether oxygens (including phenoxy) is 3. The summed E-state index contributed by atoms with van der Waals surface area (Å²) in [4.78, 5) is 38.1. The topological polar surface area (TPSA) is 78.9 Å². The highest BCUT2D eigenvalue weighted by Crippen LogP contribution is 2.23. The van der Waals surface area contributed by atoms with E-state index in [4.69, 9.17) is 49.0 Å². The van der Waals surface area contributed by atoms with Crippen LogP contribution in [0.3, 0.4) is 0 Å². The molecule has 1 aromatic rings.